The molecule has 232 valence electrons. The second-order valence-electron chi connectivity index (χ2n) is 11.7. The number of thiophene rings is 1. The van der Waals surface area contributed by atoms with Crippen LogP contribution in [0, 0.1) is 12.3 Å². The van der Waals surface area contributed by atoms with Gasteiger partial charge in [-0.25, -0.2) is 9.78 Å². The number of fused-ring (bicyclic) bond motifs is 3. The molecule has 0 spiro atoms. The maximum atomic E-state index is 14.0. The number of hydrogen-bond acceptors (Lipinski definition) is 8. The molecule has 10 nitrogen and oxygen atoms in total. The molecule has 2 aromatic carbocycles. The Bertz CT molecular complexity index is 1810. The van der Waals surface area contributed by atoms with Crippen LogP contribution < -0.4 is 21.1 Å². The van der Waals surface area contributed by atoms with Gasteiger partial charge in [0.1, 0.15) is 11.4 Å². The highest BCUT2D eigenvalue weighted by Gasteiger charge is 2.36. The Kier molecular flexibility index (Phi) is 8.41. The number of pyridine rings is 1. The summed E-state index contributed by atoms with van der Waals surface area (Å²) >= 11 is 1.55. The van der Waals surface area contributed by atoms with E-state index in [0.717, 1.165) is 46.4 Å². The Labute approximate surface area is 264 Å². The highest BCUT2D eigenvalue weighted by Crippen LogP contribution is 2.43. The number of rotatable bonds is 9. The zero-order valence-corrected chi connectivity index (χ0v) is 25.6. The number of aliphatic hydroxyl groups excluding tert-OH is 1. The summed E-state index contributed by atoms with van der Waals surface area (Å²) in [6.07, 6.45) is 3.30. The third-order valence-electron chi connectivity index (χ3n) is 8.75. The zero-order valence-electron chi connectivity index (χ0n) is 24.8. The van der Waals surface area contributed by atoms with Crippen molar-refractivity contribution >= 4 is 34.8 Å². The van der Waals surface area contributed by atoms with E-state index in [9.17, 15) is 24.6 Å². The fraction of sp³-hybridized carbons (Fsp3) is 0.294. The van der Waals surface area contributed by atoms with Crippen LogP contribution in [0.25, 0.3) is 21.6 Å². The number of carbonyl (C=O) groups is 3. The second-order valence-corrected chi connectivity index (χ2v) is 12.6. The minimum absolute atomic E-state index is 0.0328. The Hall–Kier alpha value is -4.58. The first kappa shape index (κ1) is 30.4. The lowest BCUT2D eigenvalue weighted by atomic mass is 9.69. The minimum Gasteiger partial charge on any atom is -0.493 e. The van der Waals surface area contributed by atoms with Gasteiger partial charge in [-0.1, -0.05) is 18.6 Å². The van der Waals surface area contributed by atoms with Crippen LogP contribution in [0.15, 0.2) is 53.9 Å². The molecule has 3 heterocycles. The molecule has 0 bridgehead atoms. The van der Waals surface area contributed by atoms with Gasteiger partial charge in [0, 0.05) is 57.7 Å². The Morgan fingerprint density at radius 3 is 2.56 bits per heavy atom. The molecule has 6 N–H and O–H groups in total. The van der Waals surface area contributed by atoms with Gasteiger partial charge in [-0.2, -0.15) is 0 Å². The SMILES string of the molecule is Cc1cc(CN)ccc1NC(=O)c1cc2c(cc1-c1ccc(C(=O)NCC3(CO)CCC3)nc1C(=O)O)OCCc1ccsc1-2. The van der Waals surface area contributed by atoms with Gasteiger partial charge in [-0.05, 0) is 78.2 Å². The largest absolute Gasteiger partial charge is 0.493 e. The highest BCUT2D eigenvalue weighted by atomic mass is 32.1. The van der Waals surface area contributed by atoms with E-state index in [2.05, 4.69) is 15.6 Å². The van der Waals surface area contributed by atoms with Crippen molar-refractivity contribution in [3.63, 3.8) is 0 Å². The quantitative estimate of drug-likeness (QED) is 0.173. The van der Waals surface area contributed by atoms with Crippen LogP contribution in [-0.4, -0.2) is 52.7 Å². The van der Waals surface area contributed by atoms with Gasteiger partial charge < -0.3 is 31.3 Å². The van der Waals surface area contributed by atoms with E-state index in [4.69, 9.17) is 10.5 Å². The predicted molar refractivity (Wildman–Crippen MR) is 172 cm³/mol. The summed E-state index contributed by atoms with van der Waals surface area (Å²) in [5, 5.41) is 27.8. The molecule has 11 heteroatoms. The summed E-state index contributed by atoms with van der Waals surface area (Å²) in [6.45, 7) is 2.91. The van der Waals surface area contributed by atoms with E-state index < -0.39 is 17.8 Å². The van der Waals surface area contributed by atoms with Crippen LogP contribution >= 0.6 is 11.3 Å². The van der Waals surface area contributed by atoms with E-state index in [-0.39, 0.29) is 41.1 Å². The van der Waals surface area contributed by atoms with Gasteiger partial charge in [-0.15, -0.1) is 11.3 Å². The average Bonchev–Trinajstić information content (AvgIpc) is 3.42. The number of carbonyl (C=O) groups excluding carboxylic acids is 2. The number of benzene rings is 2. The Morgan fingerprint density at radius 2 is 1.87 bits per heavy atom. The smallest absolute Gasteiger partial charge is 0.355 e. The molecule has 0 atom stereocenters. The number of aromatic carboxylic acids is 1. The lowest BCUT2D eigenvalue weighted by molar-refractivity contribution is 0.0428. The summed E-state index contributed by atoms with van der Waals surface area (Å²) in [7, 11) is 0. The molecule has 2 aliphatic rings. The Balaban J connectivity index is 1.42. The Morgan fingerprint density at radius 1 is 1.04 bits per heavy atom. The third kappa shape index (κ3) is 5.94. The van der Waals surface area contributed by atoms with E-state index in [0.29, 0.717) is 36.6 Å². The van der Waals surface area contributed by atoms with Crippen LogP contribution in [0.5, 0.6) is 5.75 Å². The van der Waals surface area contributed by atoms with Crippen LogP contribution in [0.2, 0.25) is 0 Å². The molecule has 2 aromatic heterocycles. The number of nitrogens with two attached hydrogens (primary N) is 1. The molecule has 4 aromatic rings. The van der Waals surface area contributed by atoms with Crippen molar-refractivity contribution in [1.82, 2.24) is 10.3 Å². The summed E-state index contributed by atoms with van der Waals surface area (Å²) in [4.78, 5) is 44.8. The zero-order chi connectivity index (χ0) is 31.7. The maximum absolute atomic E-state index is 14.0. The number of nitrogens with zero attached hydrogens (tertiary/aromatic N) is 1. The molecule has 1 aliphatic carbocycles. The van der Waals surface area contributed by atoms with Crippen molar-refractivity contribution in [2.24, 2.45) is 11.1 Å². The standard InChI is InChI=1S/C34H34N4O6S/c1-19-13-20(16-35)3-5-26(19)38-31(40)24-14-25-28(44-11-7-21-8-12-45-30(21)25)15-23(24)22-4-6-27(37-29(22)33(42)43)32(41)36-17-34(18-39)9-2-10-34/h3-6,8,12-15,39H,2,7,9-11,16-18,35H2,1H3,(H,36,41)(H,38,40)(H,42,43). The van der Waals surface area contributed by atoms with Crippen molar-refractivity contribution < 1.29 is 29.3 Å². The topological polar surface area (TPSA) is 164 Å². The number of hydrogen-bond donors (Lipinski definition) is 5. The van der Waals surface area contributed by atoms with Crippen molar-refractivity contribution in [2.75, 3.05) is 25.1 Å². The number of carboxylic acids is 1. The van der Waals surface area contributed by atoms with Gasteiger partial charge in [0.25, 0.3) is 11.8 Å². The normalized spacial score (nSPS) is 14.6. The first-order valence-corrected chi connectivity index (χ1v) is 15.7. The number of aryl methyl sites for hydroxylation is 1. The average molecular weight is 627 g/mol. The minimum atomic E-state index is -1.35. The number of ether oxygens (including phenoxy) is 1. The summed E-state index contributed by atoms with van der Waals surface area (Å²) in [5.41, 5.74) is 9.94. The first-order chi connectivity index (χ1) is 21.7. The van der Waals surface area contributed by atoms with Crippen LogP contribution in [0.3, 0.4) is 0 Å². The van der Waals surface area contributed by atoms with Crippen LogP contribution in [0.4, 0.5) is 5.69 Å². The maximum Gasteiger partial charge on any atom is 0.355 e. The third-order valence-corrected chi connectivity index (χ3v) is 9.74. The highest BCUT2D eigenvalue weighted by molar-refractivity contribution is 7.13. The molecule has 1 saturated carbocycles. The predicted octanol–water partition coefficient (Wildman–Crippen LogP) is 5.02. The molecule has 0 saturated heterocycles. The fourth-order valence-corrected chi connectivity index (χ4v) is 6.88. The van der Waals surface area contributed by atoms with Crippen molar-refractivity contribution in [3.05, 3.63) is 87.6 Å². The molecule has 6 rings (SSSR count). The van der Waals surface area contributed by atoms with Gasteiger partial charge >= 0.3 is 5.97 Å². The molecule has 45 heavy (non-hydrogen) atoms. The van der Waals surface area contributed by atoms with E-state index in [1.54, 1.807) is 29.5 Å². The van der Waals surface area contributed by atoms with E-state index in [1.165, 1.54) is 12.1 Å². The molecule has 2 amide bonds. The first-order valence-electron chi connectivity index (χ1n) is 14.8. The van der Waals surface area contributed by atoms with Gasteiger partial charge in [0.2, 0.25) is 0 Å². The van der Waals surface area contributed by atoms with Gasteiger partial charge in [0.15, 0.2) is 5.69 Å². The summed E-state index contributed by atoms with van der Waals surface area (Å²) in [6, 6.07) is 14.0. The molecular formula is C34H34N4O6S. The van der Waals surface area contributed by atoms with Gasteiger partial charge in [0.05, 0.1) is 13.2 Å². The van der Waals surface area contributed by atoms with Crippen molar-refractivity contribution in [1.29, 1.82) is 0 Å². The van der Waals surface area contributed by atoms with Crippen LogP contribution in [0.1, 0.15) is 67.3 Å². The molecule has 0 unspecified atom stereocenters. The monoisotopic (exact) mass is 626 g/mol. The van der Waals surface area contributed by atoms with Crippen molar-refractivity contribution in [3.8, 4) is 27.3 Å². The van der Waals surface area contributed by atoms with Crippen LogP contribution in [-0.2, 0) is 13.0 Å². The number of nitrogens with one attached hydrogen (secondary N) is 2. The summed E-state index contributed by atoms with van der Waals surface area (Å²) < 4.78 is 6.11. The number of amides is 2. The lowest BCUT2D eigenvalue weighted by Gasteiger charge is -2.40. The number of aliphatic hydroxyl groups is 1. The van der Waals surface area contributed by atoms with Gasteiger partial charge in [-0.3, -0.25) is 9.59 Å². The molecule has 0 radical (unpaired) electrons. The second kappa shape index (κ2) is 12.4. The van der Waals surface area contributed by atoms with Crippen molar-refractivity contribution in [2.45, 2.75) is 39.2 Å². The number of aromatic nitrogens is 1. The van der Waals surface area contributed by atoms with E-state index in [1.807, 2.05) is 30.5 Å². The fourth-order valence-electron chi connectivity index (χ4n) is 5.90. The molecule has 1 aliphatic heterocycles. The number of carboxylic acid groups (broad SMARTS) is 1. The van der Waals surface area contributed by atoms with E-state index >= 15 is 0 Å². The summed E-state index contributed by atoms with van der Waals surface area (Å²) in [5.74, 6) is -1.79. The molecule has 1 fully saturated rings. The molecular weight excluding hydrogens is 592 g/mol. The number of anilines is 1. The lowest BCUT2D eigenvalue weighted by Crippen LogP contribution is -2.44.